The molecule has 0 radical (unpaired) electrons. The van der Waals surface area contributed by atoms with E-state index in [1.165, 1.54) is 0 Å². The number of allylic oxidation sites excluding steroid dienone is 2. The highest BCUT2D eigenvalue weighted by atomic mass is 16.2. The maximum Gasteiger partial charge on any atom is 0.316 e. The van der Waals surface area contributed by atoms with Gasteiger partial charge in [0, 0.05) is 18.2 Å². The van der Waals surface area contributed by atoms with Gasteiger partial charge in [0.05, 0.1) is 0 Å². The summed E-state index contributed by atoms with van der Waals surface area (Å²) in [5.74, 6) is 0.199. The van der Waals surface area contributed by atoms with Crippen LogP contribution in [-0.4, -0.2) is 11.9 Å². The summed E-state index contributed by atoms with van der Waals surface area (Å²) in [7, 11) is 0. The highest BCUT2D eigenvalue weighted by Crippen LogP contribution is 2.18. The molecule has 0 fully saturated rings. The minimum Gasteiger partial charge on any atom is -0.352 e. The molecule has 5 heteroatoms. The van der Waals surface area contributed by atoms with E-state index in [0.29, 0.717) is 12.2 Å². The van der Waals surface area contributed by atoms with Gasteiger partial charge in [0.25, 0.3) is 0 Å². The van der Waals surface area contributed by atoms with Gasteiger partial charge in [-0.05, 0) is 37.0 Å². The zero-order chi connectivity index (χ0) is 14.4. The third kappa shape index (κ3) is 4.12. The zero-order valence-electron chi connectivity index (χ0n) is 11.3. The number of hydrogen-bond acceptors (Lipinski definition) is 2. The summed E-state index contributed by atoms with van der Waals surface area (Å²) in [5, 5.41) is 5.44. The Morgan fingerprint density at radius 3 is 2.55 bits per heavy atom. The predicted molar refractivity (Wildman–Crippen MR) is 78.0 cm³/mol. The Balaban J connectivity index is 1.82. The lowest BCUT2D eigenvalue weighted by molar-refractivity contribution is -0.125. The maximum atomic E-state index is 12.0. The lowest BCUT2D eigenvalue weighted by Gasteiger charge is -2.17. The molecule has 0 spiro atoms. The minimum atomic E-state index is -0.587. The molecule has 0 unspecified atom stereocenters. The molecule has 0 saturated carbocycles. The Hall–Kier alpha value is -2.30. The van der Waals surface area contributed by atoms with Gasteiger partial charge < -0.3 is 16.4 Å². The Morgan fingerprint density at radius 2 is 1.95 bits per heavy atom. The van der Waals surface area contributed by atoms with Crippen molar-refractivity contribution in [2.45, 2.75) is 25.8 Å². The monoisotopic (exact) mass is 273 g/mol. The molecule has 1 aromatic carbocycles. The van der Waals surface area contributed by atoms with Gasteiger partial charge in [-0.3, -0.25) is 4.79 Å². The number of nitrogens with two attached hydrogens (primary N) is 1. The van der Waals surface area contributed by atoms with Crippen LogP contribution in [0.4, 0.5) is 10.5 Å². The van der Waals surface area contributed by atoms with E-state index in [1.807, 2.05) is 12.1 Å². The summed E-state index contributed by atoms with van der Waals surface area (Å²) in [4.78, 5) is 22.7. The first-order valence-corrected chi connectivity index (χ1v) is 6.73. The highest BCUT2D eigenvalue weighted by Gasteiger charge is 2.17. The van der Waals surface area contributed by atoms with E-state index in [9.17, 15) is 9.59 Å². The number of hydrogen-bond donors (Lipinski definition) is 3. The molecule has 20 heavy (non-hydrogen) atoms. The molecule has 106 valence electrons. The van der Waals surface area contributed by atoms with E-state index in [1.54, 1.807) is 12.1 Å². The Kier molecular flexibility index (Phi) is 4.76. The summed E-state index contributed by atoms with van der Waals surface area (Å²) in [6, 6.07) is 6.64. The van der Waals surface area contributed by atoms with Crippen LogP contribution in [0.2, 0.25) is 0 Å². The van der Waals surface area contributed by atoms with Crippen LogP contribution in [0.1, 0.15) is 24.8 Å². The summed E-state index contributed by atoms with van der Waals surface area (Å²) >= 11 is 0. The van der Waals surface area contributed by atoms with Crippen LogP contribution >= 0.6 is 0 Å². The first-order chi connectivity index (χ1) is 9.65. The quantitative estimate of drug-likeness (QED) is 0.734. The molecule has 1 aliphatic rings. The third-order valence-electron chi connectivity index (χ3n) is 3.33. The van der Waals surface area contributed by atoms with Crippen molar-refractivity contribution >= 4 is 17.6 Å². The van der Waals surface area contributed by atoms with Crippen LogP contribution in [0.5, 0.6) is 0 Å². The van der Waals surface area contributed by atoms with E-state index < -0.39 is 6.03 Å². The normalized spacial score (nSPS) is 17.5. The second-order valence-corrected chi connectivity index (χ2v) is 4.89. The van der Waals surface area contributed by atoms with Gasteiger partial charge in [0.2, 0.25) is 5.91 Å². The van der Waals surface area contributed by atoms with Crippen LogP contribution in [0, 0.1) is 5.92 Å². The van der Waals surface area contributed by atoms with Crippen LogP contribution in [0.25, 0.3) is 0 Å². The first kappa shape index (κ1) is 14.1. The molecule has 1 aliphatic carbocycles. The number of benzene rings is 1. The van der Waals surface area contributed by atoms with Crippen LogP contribution < -0.4 is 16.4 Å². The minimum absolute atomic E-state index is 0.0933. The average Bonchev–Trinajstić information content (AvgIpc) is 2.46. The third-order valence-corrected chi connectivity index (χ3v) is 3.33. The molecule has 3 amide bonds. The lowest BCUT2D eigenvalue weighted by Crippen LogP contribution is -2.30. The van der Waals surface area contributed by atoms with Crippen LogP contribution in [0.3, 0.4) is 0 Å². The topological polar surface area (TPSA) is 84.2 Å². The van der Waals surface area contributed by atoms with E-state index >= 15 is 0 Å². The predicted octanol–water partition coefficient (Wildman–Crippen LogP) is 2.15. The van der Waals surface area contributed by atoms with Gasteiger partial charge >= 0.3 is 6.03 Å². The van der Waals surface area contributed by atoms with Gasteiger partial charge in [0.15, 0.2) is 0 Å². The largest absolute Gasteiger partial charge is 0.352 e. The Labute approximate surface area is 118 Å². The molecule has 1 aromatic rings. The first-order valence-electron chi connectivity index (χ1n) is 6.73. The fourth-order valence-electron chi connectivity index (χ4n) is 2.21. The summed E-state index contributed by atoms with van der Waals surface area (Å²) in [6.45, 7) is 0.496. The fraction of sp³-hybridized carbons (Fsp3) is 0.333. The SMILES string of the molecule is NC(=O)Nc1ccc(CNC(=O)[C@@H]2CC=CCC2)cc1. The van der Waals surface area contributed by atoms with Crippen LogP contribution in [0.15, 0.2) is 36.4 Å². The molecule has 0 heterocycles. The van der Waals surface area contributed by atoms with E-state index in [4.69, 9.17) is 5.73 Å². The molecule has 0 saturated heterocycles. The maximum absolute atomic E-state index is 12.0. The van der Waals surface area contributed by atoms with Crippen molar-refractivity contribution in [1.82, 2.24) is 5.32 Å². The number of carbonyl (C=O) groups excluding carboxylic acids is 2. The second-order valence-electron chi connectivity index (χ2n) is 4.89. The average molecular weight is 273 g/mol. The number of rotatable bonds is 4. The molecular formula is C15H19N3O2. The van der Waals surface area contributed by atoms with Gasteiger partial charge in [-0.2, -0.15) is 0 Å². The van der Waals surface area contributed by atoms with Crippen molar-refractivity contribution in [1.29, 1.82) is 0 Å². The molecule has 0 aliphatic heterocycles. The molecule has 2 rings (SSSR count). The number of primary amides is 1. The molecule has 0 bridgehead atoms. The Morgan fingerprint density at radius 1 is 1.20 bits per heavy atom. The summed E-state index contributed by atoms with van der Waals surface area (Å²) < 4.78 is 0. The molecule has 1 atom stereocenters. The van der Waals surface area contributed by atoms with Gasteiger partial charge in [-0.1, -0.05) is 24.3 Å². The number of anilines is 1. The van der Waals surface area contributed by atoms with Crippen molar-refractivity contribution in [3.05, 3.63) is 42.0 Å². The molecule has 5 nitrogen and oxygen atoms in total. The van der Waals surface area contributed by atoms with Crippen molar-refractivity contribution in [3.8, 4) is 0 Å². The Bertz CT molecular complexity index is 508. The number of carbonyl (C=O) groups is 2. The van der Waals surface area contributed by atoms with E-state index in [0.717, 1.165) is 24.8 Å². The van der Waals surface area contributed by atoms with Gasteiger partial charge in [-0.15, -0.1) is 0 Å². The molecular weight excluding hydrogens is 254 g/mol. The molecule has 0 aromatic heterocycles. The van der Waals surface area contributed by atoms with E-state index in [-0.39, 0.29) is 11.8 Å². The molecule has 4 N–H and O–H groups in total. The zero-order valence-corrected chi connectivity index (χ0v) is 11.3. The lowest BCUT2D eigenvalue weighted by atomic mass is 9.93. The fourth-order valence-corrected chi connectivity index (χ4v) is 2.21. The number of urea groups is 1. The summed E-state index contributed by atoms with van der Waals surface area (Å²) in [5.41, 5.74) is 6.66. The van der Waals surface area contributed by atoms with Crippen molar-refractivity contribution in [2.75, 3.05) is 5.32 Å². The van der Waals surface area contributed by atoms with Crippen molar-refractivity contribution < 1.29 is 9.59 Å². The highest BCUT2D eigenvalue weighted by molar-refractivity contribution is 5.87. The second kappa shape index (κ2) is 6.75. The van der Waals surface area contributed by atoms with Crippen molar-refractivity contribution in [2.24, 2.45) is 11.7 Å². The standard InChI is InChI=1S/C15H19N3O2/c16-15(20)18-13-8-6-11(7-9-13)10-17-14(19)12-4-2-1-3-5-12/h1-2,6-9,12H,3-5,10H2,(H,17,19)(H3,16,18,20)/t12-/m1/s1. The van der Waals surface area contributed by atoms with Crippen molar-refractivity contribution in [3.63, 3.8) is 0 Å². The number of nitrogens with one attached hydrogen (secondary N) is 2. The van der Waals surface area contributed by atoms with E-state index in [2.05, 4.69) is 22.8 Å². The van der Waals surface area contributed by atoms with Gasteiger partial charge in [0.1, 0.15) is 0 Å². The van der Waals surface area contributed by atoms with Crippen LogP contribution in [-0.2, 0) is 11.3 Å². The van der Waals surface area contributed by atoms with Gasteiger partial charge in [-0.25, -0.2) is 4.79 Å². The number of amides is 3. The summed E-state index contributed by atoms with van der Waals surface area (Å²) in [6.07, 6.45) is 6.91. The smallest absolute Gasteiger partial charge is 0.316 e.